The lowest BCUT2D eigenvalue weighted by Crippen LogP contribution is -2.00. The molecule has 3 nitrogen and oxygen atoms in total. The van der Waals surface area contributed by atoms with Crippen LogP contribution in [0.2, 0.25) is 0 Å². The fourth-order valence-electron chi connectivity index (χ4n) is 1.62. The van der Waals surface area contributed by atoms with Crippen molar-refractivity contribution in [2.75, 3.05) is 0 Å². The fourth-order valence-corrected chi connectivity index (χ4v) is 2.78. The lowest BCUT2D eigenvalue weighted by molar-refractivity contribution is 0.0690. The van der Waals surface area contributed by atoms with E-state index in [1.165, 1.54) is 11.3 Å². The van der Waals surface area contributed by atoms with E-state index >= 15 is 0 Å². The van der Waals surface area contributed by atoms with Crippen molar-refractivity contribution < 1.29 is 9.90 Å². The van der Waals surface area contributed by atoms with E-state index < -0.39 is 5.97 Å². The van der Waals surface area contributed by atoms with Crippen molar-refractivity contribution in [1.82, 2.24) is 4.98 Å². The third-order valence-electron chi connectivity index (χ3n) is 2.40. The average molecular weight is 247 g/mol. The second-order valence-electron chi connectivity index (χ2n) is 3.71. The predicted molar refractivity (Wildman–Crippen MR) is 68.5 cm³/mol. The fraction of sp³-hybridized carbons (Fsp3) is 0.231. The van der Waals surface area contributed by atoms with Crippen LogP contribution in [0.1, 0.15) is 28.7 Å². The Labute approximate surface area is 104 Å². The topological polar surface area (TPSA) is 50.2 Å². The van der Waals surface area contributed by atoms with Crippen LogP contribution in [0.3, 0.4) is 0 Å². The SMILES string of the molecule is CCCc1sc(-c2ccccc2)nc1C(=O)O. The summed E-state index contributed by atoms with van der Waals surface area (Å²) < 4.78 is 0. The number of carboxylic acids is 1. The second kappa shape index (κ2) is 5.10. The van der Waals surface area contributed by atoms with Crippen molar-refractivity contribution in [2.24, 2.45) is 0 Å². The summed E-state index contributed by atoms with van der Waals surface area (Å²) in [5.74, 6) is -0.938. The van der Waals surface area contributed by atoms with Gasteiger partial charge in [-0.1, -0.05) is 43.7 Å². The van der Waals surface area contributed by atoms with Crippen molar-refractivity contribution in [3.63, 3.8) is 0 Å². The molecule has 1 N–H and O–H groups in total. The Morgan fingerprint density at radius 3 is 2.65 bits per heavy atom. The first-order chi connectivity index (χ1) is 8.22. The molecular weight excluding hydrogens is 234 g/mol. The molecule has 4 heteroatoms. The Morgan fingerprint density at radius 2 is 2.06 bits per heavy atom. The summed E-state index contributed by atoms with van der Waals surface area (Å²) in [5, 5.41) is 9.88. The molecule has 0 aliphatic heterocycles. The molecule has 0 atom stereocenters. The first-order valence-electron chi connectivity index (χ1n) is 5.50. The van der Waals surface area contributed by atoms with Gasteiger partial charge in [-0.15, -0.1) is 11.3 Å². The summed E-state index contributed by atoms with van der Waals surface area (Å²) in [4.78, 5) is 16.2. The summed E-state index contributed by atoms with van der Waals surface area (Å²) in [5.41, 5.74) is 1.18. The van der Waals surface area contributed by atoms with Crippen LogP contribution in [0.15, 0.2) is 30.3 Å². The van der Waals surface area contributed by atoms with Crippen molar-refractivity contribution in [1.29, 1.82) is 0 Å². The molecule has 1 aromatic heterocycles. The van der Waals surface area contributed by atoms with Crippen LogP contribution in [0.4, 0.5) is 0 Å². The number of nitrogens with zero attached hydrogens (tertiary/aromatic N) is 1. The molecule has 0 amide bonds. The first kappa shape index (κ1) is 11.8. The molecule has 0 aliphatic rings. The minimum absolute atomic E-state index is 0.204. The van der Waals surface area contributed by atoms with Gasteiger partial charge >= 0.3 is 5.97 Å². The third-order valence-corrected chi connectivity index (χ3v) is 3.56. The summed E-state index contributed by atoms with van der Waals surface area (Å²) in [6.07, 6.45) is 1.70. The molecule has 0 aliphatic carbocycles. The van der Waals surface area contributed by atoms with Gasteiger partial charge in [-0.05, 0) is 6.42 Å². The van der Waals surface area contributed by atoms with Crippen LogP contribution in [-0.4, -0.2) is 16.1 Å². The molecule has 1 aromatic carbocycles. The van der Waals surface area contributed by atoms with Gasteiger partial charge in [0.25, 0.3) is 0 Å². The molecule has 0 spiro atoms. The van der Waals surface area contributed by atoms with Crippen LogP contribution in [-0.2, 0) is 6.42 Å². The zero-order valence-corrected chi connectivity index (χ0v) is 10.3. The molecule has 2 rings (SSSR count). The van der Waals surface area contributed by atoms with E-state index in [9.17, 15) is 4.79 Å². The number of benzene rings is 1. The van der Waals surface area contributed by atoms with E-state index in [2.05, 4.69) is 4.98 Å². The second-order valence-corrected chi connectivity index (χ2v) is 4.80. The number of rotatable bonds is 4. The molecule has 1 heterocycles. The highest BCUT2D eigenvalue weighted by Gasteiger charge is 2.17. The Hall–Kier alpha value is -1.68. The maximum atomic E-state index is 11.1. The van der Waals surface area contributed by atoms with E-state index in [-0.39, 0.29) is 5.69 Å². The summed E-state index contributed by atoms with van der Waals surface area (Å²) in [7, 11) is 0. The summed E-state index contributed by atoms with van der Waals surface area (Å²) in [6, 6.07) is 9.68. The number of carbonyl (C=O) groups is 1. The molecule has 2 aromatic rings. The van der Waals surface area contributed by atoms with Gasteiger partial charge in [-0.2, -0.15) is 0 Å². The molecule has 0 fully saturated rings. The quantitative estimate of drug-likeness (QED) is 0.900. The zero-order valence-electron chi connectivity index (χ0n) is 9.51. The van der Waals surface area contributed by atoms with Gasteiger partial charge in [0, 0.05) is 10.4 Å². The third kappa shape index (κ3) is 2.53. The Morgan fingerprint density at radius 1 is 1.35 bits per heavy atom. The average Bonchev–Trinajstić information content (AvgIpc) is 2.75. The maximum absolute atomic E-state index is 11.1. The Bertz CT molecular complexity index is 519. The largest absolute Gasteiger partial charge is 0.476 e. The normalized spacial score (nSPS) is 10.4. The van der Waals surface area contributed by atoms with Crippen molar-refractivity contribution in [2.45, 2.75) is 19.8 Å². The predicted octanol–water partition coefficient (Wildman–Crippen LogP) is 3.46. The zero-order chi connectivity index (χ0) is 12.3. The monoisotopic (exact) mass is 247 g/mol. The lowest BCUT2D eigenvalue weighted by atomic mass is 10.2. The van der Waals surface area contributed by atoms with Crippen LogP contribution >= 0.6 is 11.3 Å². The van der Waals surface area contributed by atoms with E-state index in [1.807, 2.05) is 37.3 Å². The van der Waals surface area contributed by atoms with Crippen LogP contribution in [0.25, 0.3) is 10.6 Å². The standard InChI is InChI=1S/C13H13NO2S/c1-2-6-10-11(13(15)16)14-12(17-10)9-7-4-3-5-8-9/h3-5,7-8H,2,6H2,1H3,(H,15,16). The number of hydrogen-bond donors (Lipinski definition) is 1. The number of aromatic nitrogens is 1. The molecule has 88 valence electrons. The summed E-state index contributed by atoms with van der Waals surface area (Å²) in [6.45, 7) is 2.04. The van der Waals surface area contributed by atoms with Crippen LogP contribution in [0, 0.1) is 0 Å². The minimum atomic E-state index is -0.938. The Kier molecular flexibility index (Phi) is 3.54. The van der Waals surface area contributed by atoms with Gasteiger partial charge in [-0.3, -0.25) is 0 Å². The van der Waals surface area contributed by atoms with Gasteiger partial charge in [0.1, 0.15) is 5.01 Å². The number of carboxylic acid groups (broad SMARTS) is 1. The summed E-state index contributed by atoms with van der Waals surface area (Å²) >= 11 is 1.47. The Balaban J connectivity index is 2.44. The van der Waals surface area contributed by atoms with Gasteiger partial charge in [-0.25, -0.2) is 9.78 Å². The molecule has 17 heavy (non-hydrogen) atoms. The maximum Gasteiger partial charge on any atom is 0.355 e. The number of aromatic carboxylic acids is 1. The number of aryl methyl sites for hydroxylation is 1. The highest BCUT2D eigenvalue weighted by molar-refractivity contribution is 7.15. The van der Waals surface area contributed by atoms with Gasteiger partial charge in [0.05, 0.1) is 0 Å². The van der Waals surface area contributed by atoms with Crippen molar-refractivity contribution in [3.8, 4) is 10.6 Å². The van der Waals surface area contributed by atoms with E-state index in [1.54, 1.807) is 0 Å². The van der Waals surface area contributed by atoms with Crippen molar-refractivity contribution >= 4 is 17.3 Å². The van der Waals surface area contributed by atoms with E-state index in [4.69, 9.17) is 5.11 Å². The highest BCUT2D eigenvalue weighted by Crippen LogP contribution is 2.28. The smallest absolute Gasteiger partial charge is 0.355 e. The first-order valence-corrected chi connectivity index (χ1v) is 6.32. The van der Waals surface area contributed by atoms with E-state index in [0.29, 0.717) is 0 Å². The highest BCUT2D eigenvalue weighted by atomic mass is 32.1. The molecule has 0 saturated heterocycles. The molecule has 0 unspecified atom stereocenters. The van der Waals surface area contributed by atoms with Crippen molar-refractivity contribution in [3.05, 3.63) is 40.9 Å². The van der Waals surface area contributed by atoms with Gasteiger partial charge in [0.15, 0.2) is 5.69 Å². The molecular formula is C13H13NO2S. The van der Waals surface area contributed by atoms with E-state index in [0.717, 1.165) is 28.3 Å². The molecule has 0 bridgehead atoms. The van der Waals surface area contributed by atoms with Gasteiger partial charge in [0.2, 0.25) is 0 Å². The molecule has 0 radical (unpaired) electrons. The van der Waals surface area contributed by atoms with Crippen LogP contribution < -0.4 is 0 Å². The number of thiazole rings is 1. The van der Waals surface area contributed by atoms with Gasteiger partial charge < -0.3 is 5.11 Å². The van der Waals surface area contributed by atoms with Crippen LogP contribution in [0.5, 0.6) is 0 Å². The minimum Gasteiger partial charge on any atom is -0.476 e. The number of hydrogen-bond acceptors (Lipinski definition) is 3. The lowest BCUT2D eigenvalue weighted by Gasteiger charge is -1.93. The molecule has 0 saturated carbocycles.